The SMILES string of the molecule is CNC(=O)CCOc1cccc(C#N)c1. The number of ether oxygens (including phenoxy) is 1. The molecule has 0 aliphatic heterocycles. The first kappa shape index (κ1) is 11.1. The normalized spacial score (nSPS) is 9.07. The van der Waals surface area contributed by atoms with Crippen LogP contribution in [0.15, 0.2) is 24.3 Å². The lowest BCUT2D eigenvalue weighted by molar-refractivity contribution is -0.121. The molecule has 15 heavy (non-hydrogen) atoms. The van der Waals surface area contributed by atoms with Gasteiger partial charge < -0.3 is 10.1 Å². The first-order chi connectivity index (χ1) is 7.26. The Kier molecular flexibility index (Phi) is 4.17. The molecular formula is C11H12N2O2. The minimum Gasteiger partial charge on any atom is -0.493 e. The quantitative estimate of drug-likeness (QED) is 0.798. The van der Waals surface area contributed by atoms with Crippen LogP contribution in [0.3, 0.4) is 0 Å². The Labute approximate surface area is 88.5 Å². The van der Waals surface area contributed by atoms with Crippen molar-refractivity contribution in [1.82, 2.24) is 5.32 Å². The predicted molar refractivity (Wildman–Crippen MR) is 55.3 cm³/mol. The zero-order valence-corrected chi connectivity index (χ0v) is 8.49. The number of nitrogens with zero attached hydrogens (tertiary/aromatic N) is 1. The fraction of sp³-hybridized carbons (Fsp3) is 0.273. The molecule has 1 aromatic rings. The molecule has 0 spiro atoms. The lowest BCUT2D eigenvalue weighted by Gasteiger charge is -2.05. The topological polar surface area (TPSA) is 62.1 Å². The van der Waals surface area contributed by atoms with Gasteiger partial charge >= 0.3 is 0 Å². The molecule has 0 bridgehead atoms. The smallest absolute Gasteiger partial charge is 0.223 e. The van der Waals surface area contributed by atoms with Crippen molar-refractivity contribution < 1.29 is 9.53 Å². The molecule has 0 atom stereocenters. The van der Waals surface area contributed by atoms with Gasteiger partial charge in [0.1, 0.15) is 5.75 Å². The van der Waals surface area contributed by atoms with Crippen LogP contribution in [0.2, 0.25) is 0 Å². The number of hydrogen-bond donors (Lipinski definition) is 1. The van der Waals surface area contributed by atoms with E-state index in [4.69, 9.17) is 10.00 Å². The summed E-state index contributed by atoms with van der Waals surface area (Å²) in [5.74, 6) is 0.546. The van der Waals surface area contributed by atoms with Gasteiger partial charge in [-0.2, -0.15) is 5.26 Å². The molecule has 1 amide bonds. The largest absolute Gasteiger partial charge is 0.493 e. The molecule has 4 heteroatoms. The highest BCUT2D eigenvalue weighted by Gasteiger charge is 1.99. The standard InChI is InChI=1S/C11H12N2O2/c1-13-11(14)5-6-15-10-4-2-3-9(7-10)8-12/h2-4,7H,5-6H2,1H3,(H,13,14). The fourth-order valence-electron chi connectivity index (χ4n) is 1.04. The van der Waals surface area contributed by atoms with E-state index < -0.39 is 0 Å². The Hall–Kier alpha value is -2.02. The summed E-state index contributed by atoms with van der Waals surface area (Å²) in [4.78, 5) is 10.9. The summed E-state index contributed by atoms with van der Waals surface area (Å²) in [5, 5.41) is 11.1. The Morgan fingerprint density at radius 3 is 3.07 bits per heavy atom. The number of carbonyl (C=O) groups excluding carboxylic acids is 1. The van der Waals surface area contributed by atoms with Crippen LogP contribution in [0.1, 0.15) is 12.0 Å². The van der Waals surface area contributed by atoms with E-state index in [1.807, 2.05) is 6.07 Å². The zero-order valence-electron chi connectivity index (χ0n) is 8.49. The van der Waals surface area contributed by atoms with Crippen LogP contribution in [0.5, 0.6) is 5.75 Å². The van der Waals surface area contributed by atoms with Crippen LogP contribution in [-0.2, 0) is 4.79 Å². The molecule has 0 saturated heterocycles. The van der Waals surface area contributed by atoms with E-state index >= 15 is 0 Å². The van der Waals surface area contributed by atoms with Crippen LogP contribution in [0.25, 0.3) is 0 Å². The maximum Gasteiger partial charge on any atom is 0.223 e. The summed E-state index contributed by atoms with van der Waals surface area (Å²) in [6.45, 7) is 0.314. The Morgan fingerprint density at radius 2 is 2.40 bits per heavy atom. The molecule has 0 saturated carbocycles. The lowest BCUT2D eigenvalue weighted by Crippen LogP contribution is -2.20. The van der Waals surface area contributed by atoms with Gasteiger partial charge in [-0.05, 0) is 18.2 Å². The molecule has 1 rings (SSSR count). The monoisotopic (exact) mass is 204 g/mol. The van der Waals surface area contributed by atoms with Crippen molar-refractivity contribution in [3.63, 3.8) is 0 Å². The molecule has 4 nitrogen and oxygen atoms in total. The first-order valence-electron chi connectivity index (χ1n) is 4.60. The fourth-order valence-corrected chi connectivity index (χ4v) is 1.04. The van der Waals surface area contributed by atoms with Crippen molar-refractivity contribution in [2.75, 3.05) is 13.7 Å². The molecule has 0 heterocycles. The minimum absolute atomic E-state index is 0.0635. The van der Waals surface area contributed by atoms with Crippen molar-refractivity contribution in [3.05, 3.63) is 29.8 Å². The van der Waals surface area contributed by atoms with E-state index in [-0.39, 0.29) is 5.91 Å². The average molecular weight is 204 g/mol. The second kappa shape index (κ2) is 5.66. The van der Waals surface area contributed by atoms with Crippen molar-refractivity contribution in [2.24, 2.45) is 0 Å². The summed E-state index contributed by atoms with van der Waals surface area (Å²) in [6.07, 6.45) is 0.313. The molecule has 0 aliphatic carbocycles. The minimum atomic E-state index is -0.0635. The number of amides is 1. The van der Waals surface area contributed by atoms with Gasteiger partial charge in [0.05, 0.1) is 24.7 Å². The van der Waals surface area contributed by atoms with Crippen molar-refractivity contribution in [3.8, 4) is 11.8 Å². The third-order valence-electron chi connectivity index (χ3n) is 1.84. The van der Waals surface area contributed by atoms with Gasteiger partial charge in [-0.25, -0.2) is 0 Å². The Bertz CT molecular complexity index is 382. The van der Waals surface area contributed by atoms with Gasteiger partial charge in [0.25, 0.3) is 0 Å². The molecule has 1 aromatic carbocycles. The van der Waals surface area contributed by atoms with E-state index in [9.17, 15) is 4.79 Å². The molecule has 0 aliphatic rings. The second-order valence-corrected chi connectivity index (χ2v) is 2.91. The summed E-state index contributed by atoms with van der Waals surface area (Å²) in [5.41, 5.74) is 0.549. The molecule has 0 unspecified atom stereocenters. The van der Waals surface area contributed by atoms with Crippen molar-refractivity contribution in [1.29, 1.82) is 5.26 Å². The maximum atomic E-state index is 10.9. The predicted octanol–water partition coefficient (Wildman–Crippen LogP) is 1.07. The number of nitriles is 1. The maximum absolute atomic E-state index is 10.9. The van der Waals surface area contributed by atoms with Gasteiger partial charge in [0.2, 0.25) is 5.91 Å². The van der Waals surface area contributed by atoms with Crippen molar-refractivity contribution in [2.45, 2.75) is 6.42 Å². The highest BCUT2D eigenvalue weighted by Crippen LogP contribution is 2.12. The van der Waals surface area contributed by atoms with Crippen LogP contribution in [-0.4, -0.2) is 19.6 Å². The third-order valence-corrected chi connectivity index (χ3v) is 1.84. The van der Waals surface area contributed by atoms with Gasteiger partial charge in [-0.15, -0.1) is 0 Å². The Balaban J connectivity index is 2.44. The second-order valence-electron chi connectivity index (χ2n) is 2.91. The van der Waals surface area contributed by atoms with Gasteiger partial charge in [-0.1, -0.05) is 6.07 Å². The summed E-state index contributed by atoms with van der Waals surface area (Å²) in [6, 6.07) is 8.86. The van der Waals surface area contributed by atoms with Gasteiger partial charge in [0, 0.05) is 7.05 Å². The van der Waals surface area contributed by atoms with E-state index in [2.05, 4.69) is 5.32 Å². The van der Waals surface area contributed by atoms with Crippen molar-refractivity contribution >= 4 is 5.91 Å². The molecule has 0 fully saturated rings. The van der Waals surface area contributed by atoms with E-state index in [0.29, 0.717) is 24.3 Å². The Morgan fingerprint density at radius 1 is 1.60 bits per heavy atom. The number of rotatable bonds is 4. The summed E-state index contributed by atoms with van der Waals surface area (Å²) in [7, 11) is 1.58. The van der Waals surface area contributed by atoms with Crippen LogP contribution >= 0.6 is 0 Å². The molecule has 0 aromatic heterocycles. The van der Waals surface area contributed by atoms with E-state index in [0.717, 1.165) is 0 Å². The molecule has 1 N–H and O–H groups in total. The van der Waals surface area contributed by atoms with E-state index in [1.165, 1.54) is 0 Å². The third kappa shape index (κ3) is 3.69. The summed E-state index contributed by atoms with van der Waals surface area (Å²) >= 11 is 0. The van der Waals surface area contributed by atoms with E-state index in [1.54, 1.807) is 31.3 Å². The molecule has 0 radical (unpaired) electrons. The highest BCUT2D eigenvalue weighted by atomic mass is 16.5. The lowest BCUT2D eigenvalue weighted by atomic mass is 10.2. The highest BCUT2D eigenvalue weighted by molar-refractivity contribution is 5.75. The number of carbonyl (C=O) groups is 1. The van der Waals surface area contributed by atoms with Crippen LogP contribution in [0.4, 0.5) is 0 Å². The summed E-state index contributed by atoms with van der Waals surface area (Å²) < 4.78 is 5.31. The zero-order chi connectivity index (χ0) is 11.1. The first-order valence-corrected chi connectivity index (χ1v) is 4.60. The number of nitrogens with one attached hydrogen (secondary N) is 1. The van der Waals surface area contributed by atoms with Crippen LogP contribution in [0, 0.1) is 11.3 Å². The molecule has 78 valence electrons. The number of hydrogen-bond acceptors (Lipinski definition) is 3. The number of benzene rings is 1. The average Bonchev–Trinajstić information content (AvgIpc) is 2.29. The van der Waals surface area contributed by atoms with Gasteiger partial charge in [-0.3, -0.25) is 4.79 Å². The van der Waals surface area contributed by atoms with Crippen LogP contribution < -0.4 is 10.1 Å². The van der Waals surface area contributed by atoms with Gasteiger partial charge in [0.15, 0.2) is 0 Å². The molecular weight excluding hydrogens is 192 g/mol.